The van der Waals surface area contributed by atoms with E-state index in [2.05, 4.69) is 24.4 Å². The van der Waals surface area contributed by atoms with Gasteiger partial charge in [-0.3, -0.25) is 4.90 Å². The van der Waals surface area contributed by atoms with Gasteiger partial charge in [-0.25, -0.2) is 4.79 Å². The van der Waals surface area contributed by atoms with Crippen molar-refractivity contribution in [2.24, 2.45) is 5.92 Å². The highest BCUT2D eigenvalue weighted by molar-refractivity contribution is 5.91. The highest BCUT2D eigenvalue weighted by Crippen LogP contribution is 2.33. The number of rotatable bonds is 2. The molecule has 1 amide bonds. The van der Waals surface area contributed by atoms with E-state index in [0.717, 1.165) is 18.0 Å². The molecule has 3 rings (SSSR count). The molecule has 0 spiro atoms. The third kappa shape index (κ3) is 3.80. The van der Waals surface area contributed by atoms with Gasteiger partial charge in [0.1, 0.15) is 5.60 Å². The Labute approximate surface area is 139 Å². The maximum absolute atomic E-state index is 12.3. The van der Waals surface area contributed by atoms with Crippen molar-refractivity contribution in [3.05, 3.63) is 23.8 Å². The molecule has 0 radical (unpaired) electrons. The molecule has 0 bridgehead atoms. The van der Waals surface area contributed by atoms with Crippen molar-refractivity contribution >= 4 is 17.5 Å². The first-order valence-corrected chi connectivity index (χ1v) is 8.72. The lowest BCUT2D eigenvalue weighted by Gasteiger charge is -2.25. The molecule has 2 atom stereocenters. The molecule has 1 N–H and O–H groups in total. The minimum atomic E-state index is -0.458. The van der Waals surface area contributed by atoms with Gasteiger partial charge in [-0.1, -0.05) is 6.92 Å². The van der Waals surface area contributed by atoms with Gasteiger partial charge >= 0.3 is 6.09 Å². The fourth-order valence-corrected chi connectivity index (χ4v) is 3.57. The summed E-state index contributed by atoms with van der Waals surface area (Å²) < 4.78 is 5.50. The third-order valence-corrected chi connectivity index (χ3v) is 4.65. The van der Waals surface area contributed by atoms with Crippen molar-refractivity contribution in [3.8, 4) is 0 Å². The molecular formula is C19H28N2O2. The number of hydrogen-bond acceptors (Lipinski definition) is 3. The van der Waals surface area contributed by atoms with Crippen LogP contribution in [0.15, 0.2) is 18.2 Å². The minimum absolute atomic E-state index is 0.249. The standard InChI is InChI=1S/C19H28N2O2/c1-13-5-6-15(11-13)20-16-7-8-17-14(12-16)9-10-21(17)18(22)23-19(2,3)4/h7-8,12-13,15,20H,5-6,9-11H2,1-4H3. The summed E-state index contributed by atoms with van der Waals surface area (Å²) in [6, 6.07) is 6.92. The molecule has 0 saturated heterocycles. The quantitative estimate of drug-likeness (QED) is 0.868. The number of ether oxygens (including phenoxy) is 1. The highest BCUT2D eigenvalue weighted by atomic mass is 16.6. The molecule has 1 fully saturated rings. The van der Waals surface area contributed by atoms with E-state index in [0.29, 0.717) is 12.6 Å². The van der Waals surface area contributed by atoms with Gasteiger partial charge < -0.3 is 10.1 Å². The first-order chi connectivity index (χ1) is 10.8. The topological polar surface area (TPSA) is 41.6 Å². The predicted molar refractivity (Wildman–Crippen MR) is 94.2 cm³/mol. The lowest BCUT2D eigenvalue weighted by molar-refractivity contribution is 0.0584. The molecule has 2 unspecified atom stereocenters. The van der Waals surface area contributed by atoms with E-state index in [1.54, 1.807) is 4.90 Å². The van der Waals surface area contributed by atoms with Crippen LogP contribution in [0.25, 0.3) is 0 Å². The second kappa shape index (κ2) is 6.06. The number of carbonyl (C=O) groups excluding carboxylic acids is 1. The zero-order chi connectivity index (χ0) is 16.6. The van der Waals surface area contributed by atoms with Crippen LogP contribution in [-0.4, -0.2) is 24.3 Å². The van der Waals surface area contributed by atoms with Gasteiger partial charge in [0.2, 0.25) is 0 Å². The maximum Gasteiger partial charge on any atom is 0.414 e. The minimum Gasteiger partial charge on any atom is -0.443 e. The van der Waals surface area contributed by atoms with Crippen molar-refractivity contribution < 1.29 is 9.53 Å². The van der Waals surface area contributed by atoms with Crippen molar-refractivity contribution in [3.63, 3.8) is 0 Å². The van der Waals surface area contributed by atoms with Gasteiger partial charge in [0.05, 0.1) is 5.69 Å². The number of benzene rings is 1. The molecule has 1 saturated carbocycles. The fraction of sp³-hybridized carbons (Fsp3) is 0.632. The van der Waals surface area contributed by atoms with E-state index in [4.69, 9.17) is 4.74 Å². The van der Waals surface area contributed by atoms with Gasteiger partial charge in [0.15, 0.2) is 0 Å². The van der Waals surface area contributed by atoms with Crippen LogP contribution in [0.3, 0.4) is 0 Å². The lowest BCUT2D eigenvalue weighted by Crippen LogP contribution is -2.35. The van der Waals surface area contributed by atoms with Gasteiger partial charge in [0.25, 0.3) is 0 Å². The molecule has 1 aromatic rings. The second-order valence-electron chi connectivity index (χ2n) is 7.98. The average molecular weight is 316 g/mol. The average Bonchev–Trinajstić information content (AvgIpc) is 3.03. The number of hydrogen-bond donors (Lipinski definition) is 1. The first kappa shape index (κ1) is 16.2. The number of anilines is 2. The van der Waals surface area contributed by atoms with E-state index in [-0.39, 0.29) is 6.09 Å². The van der Waals surface area contributed by atoms with Crippen molar-refractivity contribution in [1.82, 2.24) is 0 Å². The molecule has 4 heteroatoms. The Bertz CT molecular complexity index is 592. The van der Waals surface area contributed by atoms with E-state index >= 15 is 0 Å². The lowest BCUT2D eigenvalue weighted by atomic mass is 10.1. The number of nitrogens with zero attached hydrogens (tertiary/aromatic N) is 1. The zero-order valence-electron chi connectivity index (χ0n) is 14.7. The number of fused-ring (bicyclic) bond motifs is 1. The molecule has 1 aliphatic heterocycles. The Morgan fingerprint density at radius 1 is 1.30 bits per heavy atom. The normalized spacial score (nSPS) is 23.7. The Morgan fingerprint density at radius 2 is 2.09 bits per heavy atom. The summed E-state index contributed by atoms with van der Waals surface area (Å²) in [4.78, 5) is 14.1. The van der Waals surface area contributed by atoms with E-state index in [1.807, 2.05) is 26.8 Å². The zero-order valence-corrected chi connectivity index (χ0v) is 14.7. The maximum atomic E-state index is 12.3. The fourth-order valence-electron chi connectivity index (χ4n) is 3.57. The summed E-state index contributed by atoms with van der Waals surface area (Å²) in [5.41, 5.74) is 2.94. The summed E-state index contributed by atoms with van der Waals surface area (Å²) >= 11 is 0. The Balaban J connectivity index is 1.69. The molecule has 2 aliphatic rings. The van der Waals surface area contributed by atoms with Crippen LogP contribution in [-0.2, 0) is 11.2 Å². The van der Waals surface area contributed by atoms with Crippen LogP contribution < -0.4 is 10.2 Å². The third-order valence-electron chi connectivity index (χ3n) is 4.65. The van der Waals surface area contributed by atoms with Crippen LogP contribution in [0.4, 0.5) is 16.2 Å². The summed E-state index contributed by atoms with van der Waals surface area (Å²) in [5, 5.41) is 3.65. The molecule has 4 nitrogen and oxygen atoms in total. The van der Waals surface area contributed by atoms with Crippen LogP contribution in [0.1, 0.15) is 52.5 Å². The molecule has 23 heavy (non-hydrogen) atoms. The van der Waals surface area contributed by atoms with Crippen molar-refractivity contribution in [2.75, 3.05) is 16.8 Å². The molecule has 1 aromatic carbocycles. The van der Waals surface area contributed by atoms with Crippen LogP contribution in [0.5, 0.6) is 0 Å². The first-order valence-electron chi connectivity index (χ1n) is 8.72. The monoisotopic (exact) mass is 316 g/mol. The summed E-state index contributed by atoms with van der Waals surface area (Å²) in [6.07, 6.45) is 4.46. The van der Waals surface area contributed by atoms with Crippen LogP contribution in [0.2, 0.25) is 0 Å². The second-order valence-corrected chi connectivity index (χ2v) is 7.98. The Hall–Kier alpha value is -1.71. The summed E-state index contributed by atoms with van der Waals surface area (Å²) in [6.45, 7) is 8.73. The number of carbonyl (C=O) groups is 1. The Morgan fingerprint density at radius 3 is 2.74 bits per heavy atom. The SMILES string of the molecule is CC1CCC(Nc2ccc3c(c2)CCN3C(=O)OC(C)(C)C)C1. The molecule has 0 aromatic heterocycles. The van der Waals surface area contributed by atoms with E-state index in [9.17, 15) is 4.79 Å². The summed E-state index contributed by atoms with van der Waals surface area (Å²) in [7, 11) is 0. The Kier molecular flexibility index (Phi) is 4.26. The summed E-state index contributed by atoms with van der Waals surface area (Å²) in [5.74, 6) is 0.824. The van der Waals surface area contributed by atoms with Crippen LogP contribution >= 0.6 is 0 Å². The largest absolute Gasteiger partial charge is 0.443 e. The predicted octanol–water partition coefficient (Wildman–Crippen LogP) is 4.58. The number of nitrogens with one attached hydrogen (secondary N) is 1. The van der Waals surface area contributed by atoms with Crippen molar-refractivity contribution in [1.29, 1.82) is 0 Å². The van der Waals surface area contributed by atoms with Gasteiger partial charge in [-0.15, -0.1) is 0 Å². The van der Waals surface area contributed by atoms with E-state index < -0.39 is 5.60 Å². The molecule has 126 valence electrons. The van der Waals surface area contributed by atoms with Gasteiger partial charge in [-0.05, 0) is 76.1 Å². The van der Waals surface area contributed by atoms with Gasteiger partial charge in [-0.2, -0.15) is 0 Å². The highest BCUT2D eigenvalue weighted by Gasteiger charge is 2.29. The molecular weight excluding hydrogens is 288 g/mol. The van der Waals surface area contributed by atoms with Crippen LogP contribution in [0, 0.1) is 5.92 Å². The smallest absolute Gasteiger partial charge is 0.414 e. The molecule has 1 aliphatic carbocycles. The van der Waals surface area contributed by atoms with E-state index in [1.165, 1.54) is 30.5 Å². The van der Waals surface area contributed by atoms with Crippen molar-refractivity contribution in [2.45, 2.75) is 65.0 Å². The van der Waals surface area contributed by atoms with Gasteiger partial charge in [0, 0.05) is 18.3 Å². The number of amides is 1. The molecule has 1 heterocycles.